The molecule has 178 valence electrons. The van der Waals surface area contributed by atoms with E-state index in [1.54, 1.807) is 30.4 Å². The Balaban J connectivity index is 1.67. The molecule has 1 aromatic heterocycles. The molecule has 0 aliphatic carbocycles. The number of aryl methyl sites for hydroxylation is 1. The zero-order valence-electron chi connectivity index (χ0n) is 17.4. The summed E-state index contributed by atoms with van der Waals surface area (Å²) in [6.07, 6.45) is -4.65. The van der Waals surface area contributed by atoms with Crippen molar-refractivity contribution in [3.8, 4) is 0 Å². The third-order valence-corrected chi connectivity index (χ3v) is 7.50. The third-order valence-electron chi connectivity index (χ3n) is 4.98. The largest absolute Gasteiger partial charge is 0.405 e. The number of carbonyl (C=O) groups excluding carboxylic acids is 2. The first-order valence-corrected chi connectivity index (χ1v) is 11.6. The van der Waals surface area contributed by atoms with Crippen molar-refractivity contribution in [3.05, 3.63) is 54.1 Å². The van der Waals surface area contributed by atoms with Gasteiger partial charge in [-0.1, -0.05) is 40.0 Å². The minimum Gasteiger partial charge on any atom is -0.384 e. The van der Waals surface area contributed by atoms with Gasteiger partial charge >= 0.3 is 6.18 Å². The highest BCUT2D eigenvalue weighted by Gasteiger charge is 2.38. The summed E-state index contributed by atoms with van der Waals surface area (Å²) in [6.45, 7) is 2.14. The first-order chi connectivity index (χ1) is 15.3. The lowest BCUT2D eigenvalue weighted by molar-refractivity contribution is -0.138. The van der Waals surface area contributed by atoms with Gasteiger partial charge < -0.3 is 10.2 Å². The molecule has 12 heteroatoms. The lowest BCUT2D eigenvalue weighted by Gasteiger charge is -2.22. The Hall–Kier alpha value is -1.81. The van der Waals surface area contributed by atoms with Crippen LogP contribution in [0.1, 0.15) is 51.9 Å². The van der Waals surface area contributed by atoms with Gasteiger partial charge in [0.25, 0.3) is 0 Å². The van der Waals surface area contributed by atoms with E-state index >= 15 is 0 Å². The number of hydrogen-bond donors (Lipinski definition) is 1. The maximum atomic E-state index is 12.6. The molecule has 2 aromatic rings. The van der Waals surface area contributed by atoms with Crippen LogP contribution < -0.4 is 5.32 Å². The van der Waals surface area contributed by atoms with E-state index in [-0.39, 0.29) is 33.7 Å². The van der Waals surface area contributed by atoms with Crippen molar-refractivity contribution in [1.82, 2.24) is 5.32 Å². The van der Waals surface area contributed by atoms with Crippen LogP contribution in [0.15, 0.2) is 23.4 Å². The van der Waals surface area contributed by atoms with Crippen LogP contribution in [0.2, 0.25) is 15.1 Å². The van der Waals surface area contributed by atoms with Crippen LogP contribution in [0.3, 0.4) is 0 Å². The summed E-state index contributed by atoms with van der Waals surface area (Å²) in [6, 6.07) is 5.11. The number of Topliss-reactive ketones (excluding diaryl/α,β-unsaturated/α-hetero) is 1. The average molecular weight is 542 g/mol. The Morgan fingerprint density at radius 3 is 2.42 bits per heavy atom. The first kappa shape index (κ1) is 25.8. The third kappa shape index (κ3) is 6.20. The van der Waals surface area contributed by atoms with Crippen molar-refractivity contribution >= 4 is 63.5 Å². The van der Waals surface area contributed by atoms with Crippen molar-refractivity contribution in [2.24, 2.45) is 5.16 Å². The van der Waals surface area contributed by atoms with Gasteiger partial charge in [-0.25, -0.2) is 0 Å². The number of benzene rings is 1. The molecule has 2 heterocycles. The number of oxime groups is 1. The molecule has 0 radical (unpaired) electrons. The van der Waals surface area contributed by atoms with Crippen molar-refractivity contribution in [2.45, 2.75) is 44.9 Å². The summed E-state index contributed by atoms with van der Waals surface area (Å²) in [5.74, 6) is -1.16. The average Bonchev–Trinajstić information content (AvgIpc) is 3.31. The molecule has 0 saturated carbocycles. The Kier molecular flexibility index (Phi) is 7.68. The van der Waals surface area contributed by atoms with E-state index in [0.29, 0.717) is 33.0 Å². The van der Waals surface area contributed by atoms with E-state index < -0.39 is 24.2 Å². The van der Waals surface area contributed by atoms with Crippen molar-refractivity contribution in [2.75, 3.05) is 6.54 Å². The van der Waals surface area contributed by atoms with Gasteiger partial charge in [0.15, 0.2) is 11.4 Å². The van der Waals surface area contributed by atoms with E-state index in [1.165, 1.54) is 11.3 Å². The lowest BCUT2D eigenvalue weighted by atomic mass is 9.90. The zero-order valence-corrected chi connectivity index (χ0v) is 20.5. The fourth-order valence-corrected chi connectivity index (χ4v) is 4.93. The van der Waals surface area contributed by atoms with E-state index in [9.17, 15) is 22.8 Å². The van der Waals surface area contributed by atoms with Gasteiger partial charge in [-0.05, 0) is 37.6 Å². The fourth-order valence-electron chi connectivity index (χ4n) is 3.22. The van der Waals surface area contributed by atoms with E-state index in [0.717, 1.165) is 0 Å². The maximum Gasteiger partial charge on any atom is 0.405 e. The summed E-state index contributed by atoms with van der Waals surface area (Å²) in [5.41, 5.74) is 1.15. The van der Waals surface area contributed by atoms with Gasteiger partial charge in [-0.2, -0.15) is 13.2 Å². The second-order valence-electron chi connectivity index (χ2n) is 7.73. The summed E-state index contributed by atoms with van der Waals surface area (Å²) >= 11 is 19.5. The molecular formula is C21H18Cl3F3N2O3S. The van der Waals surface area contributed by atoms with Crippen LogP contribution in [0, 0.1) is 6.92 Å². The molecule has 1 aliphatic heterocycles. The Morgan fingerprint density at radius 1 is 1.18 bits per heavy atom. The Bertz CT molecular complexity index is 1110. The summed E-state index contributed by atoms with van der Waals surface area (Å²) in [4.78, 5) is 31.0. The normalized spacial score (nSPS) is 18.1. The minimum atomic E-state index is -4.50. The van der Waals surface area contributed by atoms with E-state index in [4.69, 9.17) is 39.6 Å². The van der Waals surface area contributed by atoms with E-state index in [2.05, 4.69) is 5.16 Å². The van der Waals surface area contributed by atoms with Crippen LogP contribution in [0.25, 0.3) is 0 Å². The molecule has 1 N–H and O–H groups in total. The molecule has 0 fully saturated rings. The topological polar surface area (TPSA) is 67.8 Å². The molecule has 1 aromatic carbocycles. The minimum absolute atomic E-state index is 0.201. The van der Waals surface area contributed by atoms with Gasteiger partial charge in [-0.15, -0.1) is 11.3 Å². The molecular weight excluding hydrogens is 524 g/mol. The lowest BCUT2D eigenvalue weighted by Crippen LogP contribution is -2.33. The second-order valence-corrected chi connectivity index (χ2v) is 9.97. The molecule has 0 saturated heterocycles. The van der Waals surface area contributed by atoms with Crippen molar-refractivity contribution in [1.29, 1.82) is 0 Å². The van der Waals surface area contributed by atoms with Crippen LogP contribution >= 0.6 is 46.1 Å². The Labute approximate surface area is 206 Å². The van der Waals surface area contributed by atoms with Gasteiger partial charge in [0.1, 0.15) is 12.3 Å². The number of ketones is 1. The molecule has 1 atom stereocenters. The first-order valence-electron chi connectivity index (χ1n) is 9.66. The number of amides is 1. The molecule has 3 rings (SSSR count). The number of nitrogens with one attached hydrogen (secondary N) is 1. The monoisotopic (exact) mass is 540 g/mol. The fraction of sp³-hybridized carbons (Fsp3) is 0.381. The summed E-state index contributed by atoms with van der Waals surface area (Å²) in [7, 11) is 0. The van der Waals surface area contributed by atoms with Crippen molar-refractivity contribution < 1.29 is 27.6 Å². The highest BCUT2D eigenvalue weighted by Crippen LogP contribution is 2.42. The molecule has 0 spiro atoms. The quantitative estimate of drug-likeness (QED) is 0.313. The number of nitrogens with zero attached hydrogens (tertiary/aromatic N) is 1. The predicted molar refractivity (Wildman–Crippen MR) is 123 cm³/mol. The number of alkyl halides is 3. The number of rotatable bonds is 7. The molecule has 33 heavy (non-hydrogen) atoms. The summed E-state index contributed by atoms with van der Waals surface area (Å²) in [5, 5.41) is 6.75. The molecule has 0 unspecified atom stereocenters. The maximum absolute atomic E-state index is 12.6. The number of thiophene rings is 1. The SMILES string of the molecule is Cc1cc(C2=NO[C@](C)(c3cc(Cl)c(Cl)c(Cl)c3)C2)sc1C(=O)CCC(=O)NCC(F)(F)F. The van der Waals surface area contributed by atoms with Crippen LogP contribution in [0.5, 0.6) is 0 Å². The molecule has 1 amide bonds. The molecule has 1 aliphatic rings. The Morgan fingerprint density at radius 2 is 1.82 bits per heavy atom. The predicted octanol–water partition coefficient (Wildman–Crippen LogP) is 6.70. The number of carbonyl (C=O) groups is 2. The van der Waals surface area contributed by atoms with Crippen LogP contribution in [0.4, 0.5) is 13.2 Å². The highest BCUT2D eigenvalue weighted by molar-refractivity contribution is 7.16. The summed E-state index contributed by atoms with van der Waals surface area (Å²) < 4.78 is 36.5. The number of halogens is 6. The highest BCUT2D eigenvalue weighted by atomic mass is 35.5. The van der Waals surface area contributed by atoms with Gasteiger partial charge in [-0.3, -0.25) is 9.59 Å². The van der Waals surface area contributed by atoms with Crippen molar-refractivity contribution in [3.63, 3.8) is 0 Å². The molecule has 0 bridgehead atoms. The second kappa shape index (κ2) is 9.82. The van der Waals surface area contributed by atoms with Gasteiger partial charge in [0.2, 0.25) is 5.91 Å². The molecule has 5 nitrogen and oxygen atoms in total. The number of hydrogen-bond acceptors (Lipinski definition) is 5. The smallest absolute Gasteiger partial charge is 0.384 e. The zero-order chi connectivity index (χ0) is 24.6. The van der Waals surface area contributed by atoms with Crippen LogP contribution in [-0.2, 0) is 15.2 Å². The van der Waals surface area contributed by atoms with Gasteiger partial charge in [0.05, 0.1) is 24.8 Å². The van der Waals surface area contributed by atoms with Gasteiger partial charge in [0, 0.05) is 24.8 Å². The van der Waals surface area contributed by atoms with E-state index in [1.807, 2.05) is 6.92 Å². The van der Waals surface area contributed by atoms with Crippen LogP contribution in [-0.4, -0.2) is 30.1 Å². The standard InChI is InChI=1S/C21H18Cl3F3N2O3S/c1-10-5-16(33-19(10)15(30)3-4-17(31)28-9-21(25,26)27)14-8-20(2,32-29-14)11-6-12(22)18(24)13(23)7-11/h5-7H,3-4,8-9H2,1-2H3,(H,28,31)/t20-/m0/s1.